The van der Waals surface area contributed by atoms with E-state index in [1.165, 1.54) is 24.8 Å². The molecule has 0 spiro atoms. The number of carbonyl (C=O) groups excluding carboxylic acids is 3. The number of anilines is 2. The van der Waals surface area contributed by atoms with Crippen LogP contribution in [0.5, 0.6) is 0 Å². The second-order valence-corrected chi connectivity index (χ2v) is 10.7. The van der Waals surface area contributed by atoms with Gasteiger partial charge in [0, 0.05) is 36.4 Å². The van der Waals surface area contributed by atoms with Gasteiger partial charge < -0.3 is 30.8 Å². The monoisotopic (exact) mass is 540 g/mol. The largest absolute Gasteiger partial charge is 0.384 e. The number of fused-ring (bicyclic) bond motifs is 1. The third-order valence-corrected chi connectivity index (χ3v) is 7.61. The Kier molecular flexibility index (Phi) is 7.79. The molecule has 39 heavy (non-hydrogen) atoms. The van der Waals surface area contributed by atoms with Gasteiger partial charge in [-0.3, -0.25) is 9.59 Å². The van der Waals surface area contributed by atoms with Gasteiger partial charge in [-0.15, -0.1) is 6.58 Å². The first-order chi connectivity index (χ1) is 18.4. The summed E-state index contributed by atoms with van der Waals surface area (Å²) >= 11 is 0. The Morgan fingerprint density at radius 3 is 2.69 bits per heavy atom. The average molecular weight is 541 g/mol. The van der Waals surface area contributed by atoms with Gasteiger partial charge in [0.05, 0.1) is 18.5 Å². The van der Waals surface area contributed by atoms with E-state index in [4.69, 9.17) is 0 Å². The maximum atomic E-state index is 15.0. The van der Waals surface area contributed by atoms with Gasteiger partial charge in [-0.25, -0.2) is 8.78 Å². The fraction of sp³-hybridized carbons (Fsp3) is 0.414. The van der Waals surface area contributed by atoms with Crippen molar-refractivity contribution in [2.75, 3.05) is 36.4 Å². The highest BCUT2D eigenvalue weighted by Gasteiger charge is 2.62. The molecule has 4 rings (SSSR count). The second kappa shape index (κ2) is 10.8. The van der Waals surface area contributed by atoms with Crippen LogP contribution in [0.3, 0.4) is 0 Å². The zero-order valence-corrected chi connectivity index (χ0v) is 22.1. The summed E-state index contributed by atoms with van der Waals surface area (Å²) in [5.41, 5.74) is -0.493. The SMILES string of the molecule is C=CCNC(=O)[C@H]1N(c2cccc(C[C@@](O)(C=O)CNC(=O)c3cccc4c3CCN4)c2)CC(F)(F)C1(C)C. The highest BCUT2D eigenvalue weighted by Crippen LogP contribution is 2.49. The Balaban J connectivity index is 1.52. The van der Waals surface area contributed by atoms with E-state index in [2.05, 4.69) is 22.5 Å². The Hall–Kier alpha value is -3.79. The van der Waals surface area contributed by atoms with Crippen molar-refractivity contribution < 1.29 is 28.3 Å². The number of nitrogens with one attached hydrogen (secondary N) is 3. The fourth-order valence-electron chi connectivity index (χ4n) is 5.31. The van der Waals surface area contributed by atoms with Gasteiger partial charge in [0.1, 0.15) is 11.6 Å². The number of nitrogens with zero attached hydrogens (tertiary/aromatic N) is 1. The Morgan fingerprint density at radius 1 is 1.23 bits per heavy atom. The number of aliphatic hydroxyl groups is 1. The molecule has 0 bridgehead atoms. The highest BCUT2D eigenvalue weighted by molar-refractivity contribution is 5.97. The van der Waals surface area contributed by atoms with Crippen LogP contribution in [0.4, 0.5) is 20.2 Å². The third kappa shape index (κ3) is 5.52. The first-order valence-electron chi connectivity index (χ1n) is 12.9. The molecule has 0 saturated carbocycles. The Bertz CT molecular complexity index is 1280. The second-order valence-electron chi connectivity index (χ2n) is 10.7. The standard InChI is InChI=1S/C29H34F2N4O4/c1-4-12-33-26(38)24-27(2,3)29(30,31)17-35(24)20-8-5-7-19(14-20)15-28(39,18-36)16-34-25(37)22-9-6-10-23-21(22)11-13-32-23/h4-10,14,18,24,32,39H,1,11-13,15-17H2,2-3H3,(H,33,38)(H,34,37)/t24-,28+/m1/s1. The number of carbonyl (C=O) groups is 3. The van der Waals surface area contributed by atoms with Crippen LogP contribution >= 0.6 is 0 Å². The molecule has 2 aromatic carbocycles. The average Bonchev–Trinajstić information content (AvgIpc) is 3.46. The molecule has 0 aliphatic carbocycles. The molecule has 1 saturated heterocycles. The zero-order chi connectivity index (χ0) is 28.4. The number of halogens is 2. The number of aldehydes is 1. The van der Waals surface area contributed by atoms with Crippen molar-refractivity contribution in [3.05, 3.63) is 71.8 Å². The Morgan fingerprint density at radius 2 is 1.97 bits per heavy atom. The van der Waals surface area contributed by atoms with Gasteiger partial charge in [-0.2, -0.15) is 0 Å². The van der Waals surface area contributed by atoms with Crippen LogP contribution in [0, 0.1) is 5.41 Å². The van der Waals surface area contributed by atoms with Crippen molar-refractivity contribution in [1.82, 2.24) is 10.6 Å². The zero-order valence-electron chi connectivity index (χ0n) is 22.1. The van der Waals surface area contributed by atoms with E-state index in [-0.39, 0.29) is 19.5 Å². The summed E-state index contributed by atoms with van der Waals surface area (Å²) in [6.45, 7) is 6.15. The van der Waals surface area contributed by atoms with Crippen LogP contribution in [0.2, 0.25) is 0 Å². The summed E-state index contributed by atoms with van der Waals surface area (Å²) in [5.74, 6) is -4.10. The van der Waals surface area contributed by atoms with Gasteiger partial charge in [0.25, 0.3) is 11.8 Å². The molecule has 2 amide bonds. The maximum Gasteiger partial charge on any atom is 0.272 e. The summed E-state index contributed by atoms with van der Waals surface area (Å²) in [7, 11) is 0. The Labute approximate surface area is 226 Å². The summed E-state index contributed by atoms with van der Waals surface area (Å²) in [5, 5.41) is 19.5. The number of hydrogen-bond donors (Lipinski definition) is 4. The molecule has 0 aromatic heterocycles. The minimum Gasteiger partial charge on any atom is -0.384 e. The maximum absolute atomic E-state index is 15.0. The molecule has 208 valence electrons. The van der Waals surface area contributed by atoms with Gasteiger partial charge >= 0.3 is 0 Å². The normalized spacial score (nSPS) is 20.3. The number of rotatable bonds is 10. The van der Waals surface area contributed by atoms with E-state index in [1.54, 1.807) is 36.4 Å². The molecule has 2 aliphatic heterocycles. The van der Waals surface area contributed by atoms with Crippen LogP contribution in [0.1, 0.15) is 35.3 Å². The summed E-state index contributed by atoms with van der Waals surface area (Å²) < 4.78 is 30.1. The van der Waals surface area contributed by atoms with Crippen LogP contribution in [-0.2, 0) is 22.4 Å². The van der Waals surface area contributed by atoms with E-state index in [0.29, 0.717) is 29.5 Å². The third-order valence-electron chi connectivity index (χ3n) is 7.61. The number of hydrogen-bond acceptors (Lipinski definition) is 6. The van der Waals surface area contributed by atoms with Crippen molar-refractivity contribution in [1.29, 1.82) is 0 Å². The first kappa shape index (κ1) is 28.2. The summed E-state index contributed by atoms with van der Waals surface area (Å²) in [4.78, 5) is 39.1. The smallest absolute Gasteiger partial charge is 0.272 e. The van der Waals surface area contributed by atoms with E-state index in [9.17, 15) is 19.5 Å². The van der Waals surface area contributed by atoms with E-state index in [0.717, 1.165) is 17.8 Å². The van der Waals surface area contributed by atoms with E-state index < -0.39 is 41.3 Å². The predicted octanol–water partition coefficient (Wildman–Crippen LogP) is 2.71. The molecule has 2 heterocycles. The highest BCUT2D eigenvalue weighted by atomic mass is 19.3. The molecule has 1 fully saturated rings. The van der Waals surface area contributed by atoms with Crippen molar-refractivity contribution in [2.24, 2.45) is 5.41 Å². The van der Waals surface area contributed by atoms with E-state index in [1.807, 2.05) is 6.07 Å². The molecular weight excluding hydrogens is 506 g/mol. The molecule has 2 aliphatic rings. The van der Waals surface area contributed by atoms with Crippen molar-refractivity contribution in [3.63, 3.8) is 0 Å². The summed E-state index contributed by atoms with van der Waals surface area (Å²) in [6, 6.07) is 10.7. The van der Waals surface area contributed by atoms with Crippen LogP contribution in [0.15, 0.2) is 55.1 Å². The molecule has 8 nitrogen and oxygen atoms in total. The van der Waals surface area contributed by atoms with Crippen molar-refractivity contribution in [2.45, 2.75) is 44.3 Å². The first-order valence-corrected chi connectivity index (χ1v) is 12.9. The molecule has 0 radical (unpaired) electrons. The molecule has 2 atom stereocenters. The number of alkyl halides is 2. The summed E-state index contributed by atoms with van der Waals surface area (Å²) in [6.07, 6.45) is 2.38. The van der Waals surface area contributed by atoms with Gasteiger partial charge in [-0.05, 0) is 41.8 Å². The van der Waals surface area contributed by atoms with Gasteiger partial charge in [0.15, 0.2) is 6.29 Å². The molecule has 0 unspecified atom stereocenters. The van der Waals surface area contributed by atoms with Crippen LogP contribution in [0.25, 0.3) is 0 Å². The lowest BCUT2D eigenvalue weighted by atomic mass is 9.81. The van der Waals surface area contributed by atoms with Gasteiger partial charge in [0.2, 0.25) is 5.91 Å². The van der Waals surface area contributed by atoms with Crippen molar-refractivity contribution >= 4 is 29.5 Å². The predicted molar refractivity (Wildman–Crippen MR) is 145 cm³/mol. The molecule has 10 heteroatoms. The minimum absolute atomic E-state index is 0.144. The topological polar surface area (TPSA) is 111 Å². The lowest BCUT2D eigenvalue weighted by Gasteiger charge is -2.33. The lowest BCUT2D eigenvalue weighted by Crippen LogP contribution is -2.51. The number of benzene rings is 2. The molecule has 4 N–H and O–H groups in total. The van der Waals surface area contributed by atoms with Crippen molar-refractivity contribution in [3.8, 4) is 0 Å². The lowest BCUT2D eigenvalue weighted by molar-refractivity contribution is -0.130. The molecular formula is C29H34F2N4O4. The van der Waals surface area contributed by atoms with Crippen LogP contribution < -0.4 is 20.9 Å². The van der Waals surface area contributed by atoms with Gasteiger partial charge in [-0.1, -0.05) is 38.1 Å². The fourth-order valence-corrected chi connectivity index (χ4v) is 5.31. The quantitative estimate of drug-likeness (QED) is 0.273. The molecule has 2 aromatic rings. The van der Waals surface area contributed by atoms with E-state index >= 15 is 8.78 Å². The minimum atomic E-state index is -3.15. The number of amides is 2. The van der Waals surface area contributed by atoms with Crippen LogP contribution in [-0.4, -0.2) is 67.0 Å².